The van der Waals surface area contributed by atoms with Crippen LogP contribution in [0.4, 0.5) is 4.39 Å². The van der Waals surface area contributed by atoms with E-state index in [9.17, 15) is 23.9 Å². The first-order valence-corrected chi connectivity index (χ1v) is 10.6. The number of hydrogen-bond donors (Lipinski definition) is 1. The number of rotatable bonds is 4. The summed E-state index contributed by atoms with van der Waals surface area (Å²) in [6, 6.07) is 7.44. The van der Waals surface area contributed by atoms with Crippen LogP contribution in [0, 0.1) is 17.7 Å². The molecule has 2 aliphatic heterocycles. The SMILES string of the molecule is CC=Cc1ccc2n(c1=O)C[C@H]1[C@H](CO)[C@@H](C(=O)N(C)C)[C@@H]2N1C(=O)c1ccc(F)cc1. The van der Waals surface area contributed by atoms with Crippen molar-refractivity contribution in [3.8, 4) is 0 Å². The highest BCUT2D eigenvalue weighted by atomic mass is 19.1. The van der Waals surface area contributed by atoms with Gasteiger partial charge in [0.25, 0.3) is 11.5 Å². The van der Waals surface area contributed by atoms with Crippen molar-refractivity contribution in [1.82, 2.24) is 14.4 Å². The quantitative estimate of drug-likeness (QED) is 0.789. The average molecular weight is 439 g/mol. The molecule has 32 heavy (non-hydrogen) atoms. The number of allylic oxidation sites excluding steroid dienone is 1. The molecule has 1 N–H and O–H groups in total. The molecular formula is C24H26FN3O4. The van der Waals surface area contributed by atoms with Crippen molar-refractivity contribution in [3.63, 3.8) is 0 Å². The molecule has 3 heterocycles. The largest absolute Gasteiger partial charge is 0.396 e. The third kappa shape index (κ3) is 3.35. The minimum atomic E-state index is -0.717. The predicted molar refractivity (Wildman–Crippen MR) is 117 cm³/mol. The van der Waals surface area contributed by atoms with Crippen LogP contribution in [0.15, 0.2) is 47.3 Å². The number of amides is 2. The van der Waals surface area contributed by atoms with E-state index in [2.05, 4.69) is 0 Å². The number of nitrogens with zero attached hydrogens (tertiary/aromatic N) is 3. The van der Waals surface area contributed by atoms with Crippen molar-refractivity contribution in [3.05, 3.63) is 75.5 Å². The van der Waals surface area contributed by atoms with E-state index in [1.54, 1.807) is 47.8 Å². The van der Waals surface area contributed by atoms with Crippen LogP contribution in [0.3, 0.4) is 0 Å². The zero-order chi connectivity index (χ0) is 23.2. The first-order valence-electron chi connectivity index (χ1n) is 10.6. The second-order valence-corrected chi connectivity index (χ2v) is 8.47. The number of benzene rings is 1. The lowest BCUT2D eigenvalue weighted by Gasteiger charge is -2.38. The smallest absolute Gasteiger partial charge is 0.258 e. The van der Waals surface area contributed by atoms with E-state index in [-0.39, 0.29) is 36.1 Å². The summed E-state index contributed by atoms with van der Waals surface area (Å²) in [4.78, 5) is 42.9. The number of carbonyl (C=O) groups is 2. The van der Waals surface area contributed by atoms with Gasteiger partial charge >= 0.3 is 0 Å². The third-order valence-electron chi connectivity index (χ3n) is 6.47. The Morgan fingerprint density at radius 3 is 2.47 bits per heavy atom. The summed E-state index contributed by atoms with van der Waals surface area (Å²) >= 11 is 0. The van der Waals surface area contributed by atoms with Crippen molar-refractivity contribution in [2.75, 3.05) is 20.7 Å². The number of aromatic nitrogens is 1. The van der Waals surface area contributed by atoms with Crippen LogP contribution < -0.4 is 5.56 Å². The van der Waals surface area contributed by atoms with Crippen molar-refractivity contribution in [2.24, 2.45) is 11.8 Å². The van der Waals surface area contributed by atoms with Crippen molar-refractivity contribution < 1.29 is 19.1 Å². The fourth-order valence-electron chi connectivity index (χ4n) is 5.03. The molecule has 2 aliphatic rings. The molecule has 168 valence electrons. The molecule has 4 rings (SSSR count). The molecule has 0 radical (unpaired) electrons. The molecule has 2 amide bonds. The summed E-state index contributed by atoms with van der Waals surface area (Å²) in [7, 11) is 3.26. The van der Waals surface area contributed by atoms with Gasteiger partial charge in [-0.15, -0.1) is 0 Å². The highest BCUT2D eigenvalue weighted by Crippen LogP contribution is 2.49. The van der Waals surface area contributed by atoms with Crippen molar-refractivity contribution in [2.45, 2.75) is 25.6 Å². The fourth-order valence-corrected chi connectivity index (χ4v) is 5.03. The van der Waals surface area contributed by atoms with E-state index in [1.165, 1.54) is 29.2 Å². The molecular weight excluding hydrogens is 413 g/mol. The van der Waals surface area contributed by atoms with Crippen LogP contribution in [0.5, 0.6) is 0 Å². The Balaban J connectivity index is 1.90. The molecule has 0 unspecified atom stereocenters. The molecule has 1 fully saturated rings. The van der Waals surface area contributed by atoms with E-state index < -0.39 is 29.7 Å². The summed E-state index contributed by atoms with van der Waals surface area (Å²) in [5.41, 5.74) is 1.17. The predicted octanol–water partition coefficient (Wildman–Crippen LogP) is 1.91. The number of aliphatic hydroxyl groups is 1. The van der Waals surface area contributed by atoms with Gasteiger partial charge in [-0.3, -0.25) is 14.4 Å². The zero-order valence-electron chi connectivity index (χ0n) is 18.2. The Kier molecular flexibility index (Phi) is 5.73. The zero-order valence-corrected chi connectivity index (χ0v) is 18.2. The molecule has 7 nitrogen and oxygen atoms in total. The maximum absolute atomic E-state index is 13.5. The van der Waals surface area contributed by atoms with E-state index in [0.717, 1.165) is 0 Å². The maximum Gasteiger partial charge on any atom is 0.258 e. The van der Waals surface area contributed by atoms with E-state index >= 15 is 0 Å². The monoisotopic (exact) mass is 439 g/mol. The summed E-state index contributed by atoms with van der Waals surface area (Å²) in [6.45, 7) is 1.69. The van der Waals surface area contributed by atoms with E-state index in [1.807, 2.05) is 6.92 Å². The summed E-state index contributed by atoms with van der Waals surface area (Å²) in [5, 5.41) is 10.3. The minimum Gasteiger partial charge on any atom is -0.396 e. The number of fused-ring (bicyclic) bond motifs is 4. The molecule has 1 saturated heterocycles. The molecule has 2 aromatic rings. The maximum atomic E-state index is 13.5. The number of aliphatic hydroxyl groups excluding tert-OH is 1. The lowest BCUT2D eigenvalue weighted by Crippen LogP contribution is -2.49. The van der Waals surface area contributed by atoms with Gasteiger partial charge in [0.1, 0.15) is 5.82 Å². The van der Waals surface area contributed by atoms with Gasteiger partial charge in [0.05, 0.1) is 18.0 Å². The third-order valence-corrected chi connectivity index (χ3v) is 6.47. The minimum absolute atomic E-state index is 0.172. The second kappa shape index (κ2) is 8.35. The normalized spacial score (nSPS) is 24.0. The number of pyridine rings is 1. The van der Waals surface area contributed by atoms with Crippen LogP contribution in [-0.4, -0.2) is 58.0 Å². The van der Waals surface area contributed by atoms with Crippen LogP contribution >= 0.6 is 0 Å². The standard InChI is InChI=1S/C24H26FN3O4/c1-4-5-14-8-11-18-21-20(24(32)26(2)3)17(13-29)19(12-27(18)22(14)30)28(21)23(31)15-6-9-16(25)10-7-15/h4-11,17,19-21,29H,12-13H2,1-3H3/t17-,19-,20+,21+/m0/s1. The van der Waals surface area contributed by atoms with E-state index in [0.29, 0.717) is 11.3 Å². The molecule has 8 heteroatoms. The fraction of sp³-hybridized carbons (Fsp3) is 0.375. The van der Waals surface area contributed by atoms with E-state index in [4.69, 9.17) is 0 Å². The lowest BCUT2D eigenvalue weighted by atomic mass is 9.86. The van der Waals surface area contributed by atoms with Crippen LogP contribution in [0.2, 0.25) is 0 Å². The molecule has 0 aliphatic carbocycles. The first kappa shape index (κ1) is 22.0. The highest BCUT2D eigenvalue weighted by Gasteiger charge is 2.57. The molecule has 0 saturated carbocycles. The van der Waals surface area contributed by atoms with Gasteiger partial charge in [-0.2, -0.15) is 0 Å². The van der Waals surface area contributed by atoms with Crippen LogP contribution in [-0.2, 0) is 11.3 Å². The lowest BCUT2D eigenvalue weighted by molar-refractivity contribution is -0.135. The molecule has 4 atom stereocenters. The van der Waals surface area contributed by atoms with Crippen LogP contribution in [0.25, 0.3) is 6.08 Å². The second-order valence-electron chi connectivity index (χ2n) is 8.47. The molecule has 1 aromatic carbocycles. The Morgan fingerprint density at radius 1 is 1.19 bits per heavy atom. The Bertz CT molecular complexity index is 1140. The first-order chi connectivity index (χ1) is 15.3. The van der Waals surface area contributed by atoms with Gasteiger partial charge in [-0.25, -0.2) is 4.39 Å². The molecule has 0 spiro atoms. The average Bonchev–Trinajstić information content (AvgIpc) is 3.01. The molecule has 1 aromatic heterocycles. The van der Waals surface area contributed by atoms with Crippen LogP contribution in [0.1, 0.15) is 34.6 Å². The van der Waals surface area contributed by atoms with Gasteiger partial charge in [0.2, 0.25) is 5.91 Å². The summed E-state index contributed by atoms with van der Waals surface area (Å²) < 4.78 is 15.0. The number of hydrogen-bond acceptors (Lipinski definition) is 4. The Morgan fingerprint density at radius 2 is 1.88 bits per heavy atom. The van der Waals surface area contributed by atoms with Gasteiger partial charge in [-0.1, -0.05) is 12.2 Å². The Labute approximate surface area is 185 Å². The summed E-state index contributed by atoms with van der Waals surface area (Å²) in [5.74, 6) is -2.27. The van der Waals surface area contributed by atoms with Gasteiger partial charge < -0.3 is 19.5 Å². The van der Waals surface area contributed by atoms with Gasteiger partial charge in [-0.05, 0) is 43.3 Å². The van der Waals surface area contributed by atoms with Gasteiger partial charge in [0.15, 0.2) is 0 Å². The Hall–Kier alpha value is -3.26. The number of halogens is 1. The van der Waals surface area contributed by atoms with Crippen molar-refractivity contribution in [1.29, 1.82) is 0 Å². The number of carbonyl (C=O) groups excluding carboxylic acids is 2. The molecule has 2 bridgehead atoms. The topological polar surface area (TPSA) is 82.8 Å². The van der Waals surface area contributed by atoms with Crippen molar-refractivity contribution >= 4 is 17.9 Å². The highest BCUT2D eigenvalue weighted by molar-refractivity contribution is 5.96. The summed E-state index contributed by atoms with van der Waals surface area (Å²) in [6.07, 6.45) is 3.50. The van der Waals surface area contributed by atoms with Gasteiger partial charge in [0, 0.05) is 50.0 Å².